The quantitative estimate of drug-likeness (QED) is 0.748. The second-order valence-corrected chi connectivity index (χ2v) is 4.58. The van der Waals surface area contributed by atoms with Crippen LogP contribution >= 0.6 is 0 Å². The minimum atomic E-state index is -0.897. The molecule has 4 nitrogen and oxygen atoms in total. The maximum atomic E-state index is 10.7. The molecule has 0 aliphatic heterocycles. The molecule has 17 heavy (non-hydrogen) atoms. The number of nitrogens with one attached hydrogen (secondary N) is 1. The van der Waals surface area contributed by atoms with Gasteiger partial charge in [0.1, 0.15) is 0 Å². The lowest BCUT2D eigenvalue weighted by Crippen LogP contribution is -2.42. The summed E-state index contributed by atoms with van der Waals surface area (Å²) in [5.74, 6) is -0.897. The SMILES string of the molecule is NC1CCCCC1Nc1ccc(C(=O)O)cc1. The van der Waals surface area contributed by atoms with Gasteiger partial charge < -0.3 is 16.2 Å². The number of carboxylic acid groups (broad SMARTS) is 1. The molecule has 1 saturated carbocycles. The Kier molecular flexibility index (Phi) is 3.64. The highest BCUT2D eigenvalue weighted by Gasteiger charge is 2.21. The number of benzene rings is 1. The summed E-state index contributed by atoms with van der Waals surface area (Å²) in [4.78, 5) is 10.7. The molecule has 0 heterocycles. The highest BCUT2D eigenvalue weighted by molar-refractivity contribution is 5.88. The summed E-state index contributed by atoms with van der Waals surface area (Å²) >= 11 is 0. The van der Waals surface area contributed by atoms with E-state index in [0.717, 1.165) is 18.5 Å². The Morgan fingerprint density at radius 1 is 1.24 bits per heavy atom. The smallest absolute Gasteiger partial charge is 0.335 e. The number of anilines is 1. The van der Waals surface area contributed by atoms with E-state index in [1.165, 1.54) is 12.8 Å². The van der Waals surface area contributed by atoms with Gasteiger partial charge in [-0.05, 0) is 37.1 Å². The van der Waals surface area contributed by atoms with Crippen LogP contribution in [0.1, 0.15) is 36.0 Å². The molecule has 0 radical (unpaired) electrons. The molecule has 2 atom stereocenters. The van der Waals surface area contributed by atoms with Crippen molar-refractivity contribution < 1.29 is 9.90 Å². The summed E-state index contributed by atoms with van der Waals surface area (Å²) in [5.41, 5.74) is 7.30. The zero-order valence-electron chi connectivity index (χ0n) is 9.73. The van der Waals surface area contributed by atoms with E-state index < -0.39 is 5.97 Å². The first-order chi connectivity index (χ1) is 8.16. The van der Waals surface area contributed by atoms with Gasteiger partial charge in [-0.25, -0.2) is 4.79 Å². The second-order valence-electron chi connectivity index (χ2n) is 4.58. The number of aromatic carboxylic acids is 1. The van der Waals surface area contributed by atoms with Crippen molar-refractivity contribution in [1.29, 1.82) is 0 Å². The Morgan fingerprint density at radius 2 is 1.88 bits per heavy atom. The van der Waals surface area contributed by atoms with Crippen LogP contribution in [-0.4, -0.2) is 23.2 Å². The van der Waals surface area contributed by atoms with Crippen LogP contribution in [0.25, 0.3) is 0 Å². The van der Waals surface area contributed by atoms with E-state index in [4.69, 9.17) is 10.8 Å². The zero-order valence-corrected chi connectivity index (χ0v) is 9.73. The Morgan fingerprint density at radius 3 is 2.47 bits per heavy atom. The average Bonchev–Trinajstić information content (AvgIpc) is 2.33. The van der Waals surface area contributed by atoms with E-state index in [-0.39, 0.29) is 6.04 Å². The number of carboxylic acids is 1. The molecular formula is C13H18N2O2. The van der Waals surface area contributed by atoms with Crippen LogP contribution in [0.5, 0.6) is 0 Å². The summed E-state index contributed by atoms with van der Waals surface area (Å²) in [5, 5.41) is 12.2. The molecule has 0 amide bonds. The summed E-state index contributed by atoms with van der Waals surface area (Å²) in [6, 6.07) is 7.32. The van der Waals surface area contributed by atoms with Gasteiger partial charge in [0.15, 0.2) is 0 Å². The third kappa shape index (κ3) is 2.97. The highest BCUT2D eigenvalue weighted by atomic mass is 16.4. The first-order valence-corrected chi connectivity index (χ1v) is 6.02. The van der Waals surface area contributed by atoms with Crippen LogP contribution in [0.4, 0.5) is 5.69 Å². The third-order valence-corrected chi connectivity index (χ3v) is 3.30. The van der Waals surface area contributed by atoms with Gasteiger partial charge in [0.2, 0.25) is 0 Å². The number of nitrogens with two attached hydrogens (primary N) is 1. The first kappa shape index (κ1) is 11.9. The van der Waals surface area contributed by atoms with Crippen LogP contribution < -0.4 is 11.1 Å². The molecule has 4 N–H and O–H groups in total. The van der Waals surface area contributed by atoms with E-state index in [1.54, 1.807) is 24.3 Å². The van der Waals surface area contributed by atoms with Crippen LogP contribution in [0.2, 0.25) is 0 Å². The van der Waals surface area contributed by atoms with Gasteiger partial charge >= 0.3 is 5.97 Å². The van der Waals surface area contributed by atoms with Crippen molar-refractivity contribution in [3.8, 4) is 0 Å². The van der Waals surface area contributed by atoms with Gasteiger partial charge in [-0.15, -0.1) is 0 Å². The molecule has 1 aliphatic rings. The fourth-order valence-corrected chi connectivity index (χ4v) is 2.26. The Hall–Kier alpha value is -1.55. The molecule has 0 bridgehead atoms. The maximum absolute atomic E-state index is 10.7. The lowest BCUT2D eigenvalue weighted by molar-refractivity contribution is 0.0697. The van der Waals surface area contributed by atoms with Gasteiger partial charge in [-0.2, -0.15) is 0 Å². The van der Waals surface area contributed by atoms with E-state index in [1.807, 2.05) is 0 Å². The fourth-order valence-electron chi connectivity index (χ4n) is 2.26. The van der Waals surface area contributed by atoms with Crippen molar-refractivity contribution in [2.45, 2.75) is 37.8 Å². The molecule has 1 aromatic carbocycles. The van der Waals surface area contributed by atoms with E-state index in [0.29, 0.717) is 11.6 Å². The van der Waals surface area contributed by atoms with E-state index in [2.05, 4.69) is 5.32 Å². The monoisotopic (exact) mass is 234 g/mol. The van der Waals surface area contributed by atoms with Gasteiger partial charge in [-0.3, -0.25) is 0 Å². The average molecular weight is 234 g/mol. The number of hydrogen-bond acceptors (Lipinski definition) is 3. The molecule has 1 fully saturated rings. The van der Waals surface area contributed by atoms with Crippen LogP contribution in [0.3, 0.4) is 0 Å². The van der Waals surface area contributed by atoms with Crippen LogP contribution in [0.15, 0.2) is 24.3 Å². The summed E-state index contributed by atoms with van der Waals surface area (Å²) in [7, 11) is 0. The molecule has 1 aromatic rings. The van der Waals surface area contributed by atoms with Gasteiger partial charge in [0.05, 0.1) is 5.56 Å². The lowest BCUT2D eigenvalue weighted by Gasteiger charge is -2.30. The predicted molar refractivity (Wildman–Crippen MR) is 67.3 cm³/mol. The molecule has 92 valence electrons. The number of rotatable bonds is 3. The minimum absolute atomic E-state index is 0.197. The van der Waals surface area contributed by atoms with E-state index >= 15 is 0 Å². The molecule has 0 saturated heterocycles. The number of carbonyl (C=O) groups is 1. The van der Waals surface area contributed by atoms with Crippen molar-refractivity contribution in [3.63, 3.8) is 0 Å². The standard InChI is InChI=1S/C13H18N2O2/c14-11-3-1-2-4-12(11)15-10-7-5-9(6-8-10)13(16)17/h5-8,11-12,15H,1-4,14H2,(H,16,17). The van der Waals surface area contributed by atoms with Crippen LogP contribution in [-0.2, 0) is 0 Å². The van der Waals surface area contributed by atoms with E-state index in [9.17, 15) is 4.79 Å². The molecule has 2 rings (SSSR count). The van der Waals surface area contributed by atoms with Gasteiger partial charge in [-0.1, -0.05) is 12.8 Å². The molecule has 0 spiro atoms. The zero-order chi connectivity index (χ0) is 12.3. The predicted octanol–water partition coefficient (Wildman–Crippen LogP) is 2.07. The summed E-state index contributed by atoms with van der Waals surface area (Å²) in [6.45, 7) is 0. The minimum Gasteiger partial charge on any atom is -0.478 e. The molecular weight excluding hydrogens is 216 g/mol. The molecule has 1 aliphatic carbocycles. The van der Waals surface area contributed by atoms with Crippen molar-refractivity contribution >= 4 is 11.7 Å². The molecule has 0 aromatic heterocycles. The normalized spacial score (nSPS) is 24.3. The van der Waals surface area contributed by atoms with Crippen molar-refractivity contribution in [1.82, 2.24) is 0 Å². The maximum Gasteiger partial charge on any atom is 0.335 e. The van der Waals surface area contributed by atoms with Crippen molar-refractivity contribution in [2.24, 2.45) is 5.73 Å². The topological polar surface area (TPSA) is 75.3 Å². The van der Waals surface area contributed by atoms with Gasteiger partial charge in [0.25, 0.3) is 0 Å². The Bertz CT molecular complexity index is 389. The first-order valence-electron chi connectivity index (χ1n) is 6.02. The Balaban J connectivity index is 2.00. The van der Waals surface area contributed by atoms with Crippen LogP contribution in [0, 0.1) is 0 Å². The van der Waals surface area contributed by atoms with Gasteiger partial charge in [0, 0.05) is 17.8 Å². The third-order valence-electron chi connectivity index (χ3n) is 3.30. The van der Waals surface area contributed by atoms with Crippen molar-refractivity contribution in [2.75, 3.05) is 5.32 Å². The Labute approximate surface area is 101 Å². The summed E-state index contributed by atoms with van der Waals surface area (Å²) in [6.07, 6.45) is 4.56. The molecule has 2 unspecified atom stereocenters. The largest absolute Gasteiger partial charge is 0.478 e. The highest BCUT2D eigenvalue weighted by Crippen LogP contribution is 2.21. The van der Waals surface area contributed by atoms with Crippen molar-refractivity contribution in [3.05, 3.63) is 29.8 Å². The second kappa shape index (κ2) is 5.19. The number of hydrogen-bond donors (Lipinski definition) is 3. The summed E-state index contributed by atoms with van der Waals surface area (Å²) < 4.78 is 0. The fraction of sp³-hybridized carbons (Fsp3) is 0.462. The lowest BCUT2D eigenvalue weighted by atomic mass is 9.91. The molecule has 4 heteroatoms.